The Labute approximate surface area is 190 Å². The standard InChI is InChI=1S/C24H19N3O4S/c1-27-22(29)19-12-9-17(13-20(19)23(27)30)25-24(32)26-21(28)16-7-10-18(11-8-16)31-14-15-5-3-2-4-6-15/h2-13H,14H2,1H3,(H2,25,26,28,32). The van der Waals surface area contributed by atoms with Gasteiger partial charge in [-0.25, -0.2) is 0 Å². The molecular weight excluding hydrogens is 426 g/mol. The average molecular weight is 446 g/mol. The predicted octanol–water partition coefficient (Wildman–Crippen LogP) is 3.62. The molecule has 0 saturated heterocycles. The number of nitrogens with zero attached hydrogens (tertiary/aromatic N) is 1. The van der Waals surface area contributed by atoms with Gasteiger partial charge in [0.1, 0.15) is 12.4 Å². The molecule has 3 aromatic rings. The Morgan fingerprint density at radius 2 is 1.62 bits per heavy atom. The molecule has 4 rings (SSSR count). The summed E-state index contributed by atoms with van der Waals surface area (Å²) in [4.78, 5) is 37.6. The van der Waals surface area contributed by atoms with E-state index in [2.05, 4.69) is 10.6 Å². The largest absolute Gasteiger partial charge is 0.489 e. The summed E-state index contributed by atoms with van der Waals surface area (Å²) in [5.74, 6) is -0.459. The topological polar surface area (TPSA) is 87.7 Å². The Morgan fingerprint density at radius 3 is 2.34 bits per heavy atom. The van der Waals surface area contributed by atoms with Gasteiger partial charge in [0.05, 0.1) is 11.1 Å². The van der Waals surface area contributed by atoms with Crippen LogP contribution in [0.1, 0.15) is 36.6 Å². The molecule has 0 radical (unpaired) electrons. The highest BCUT2D eigenvalue weighted by molar-refractivity contribution is 7.80. The molecular formula is C24H19N3O4S. The molecule has 0 bridgehead atoms. The fourth-order valence-electron chi connectivity index (χ4n) is 3.22. The molecule has 0 aromatic heterocycles. The van der Waals surface area contributed by atoms with Crippen molar-refractivity contribution in [1.82, 2.24) is 10.2 Å². The minimum absolute atomic E-state index is 0.0736. The van der Waals surface area contributed by atoms with Crippen molar-refractivity contribution >= 4 is 40.7 Å². The first-order valence-electron chi connectivity index (χ1n) is 9.78. The van der Waals surface area contributed by atoms with Crippen LogP contribution >= 0.6 is 12.2 Å². The van der Waals surface area contributed by atoms with Crippen molar-refractivity contribution in [3.63, 3.8) is 0 Å². The number of imide groups is 1. The first-order chi connectivity index (χ1) is 15.4. The third-order valence-corrected chi connectivity index (χ3v) is 5.14. The molecule has 0 aliphatic carbocycles. The van der Waals surface area contributed by atoms with E-state index in [1.807, 2.05) is 30.3 Å². The Morgan fingerprint density at radius 1 is 0.938 bits per heavy atom. The van der Waals surface area contributed by atoms with Crippen LogP contribution in [0.15, 0.2) is 72.8 Å². The number of carbonyl (C=O) groups is 3. The zero-order valence-corrected chi connectivity index (χ0v) is 17.9. The summed E-state index contributed by atoms with van der Waals surface area (Å²) < 4.78 is 5.72. The molecule has 8 heteroatoms. The van der Waals surface area contributed by atoms with E-state index in [1.54, 1.807) is 36.4 Å². The van der Waals surface area contributed by atoms with Crippen LogP contribution in [0.25, 0.3) is 0 Å². The van der Waals surface area contributed by atoms with Crippen LogP contribution < -0.4 is 15.4 Å². The number of fused-ring (bicyclic) bond motifs is 1. The quantitative estimate of drug-likeness (QED) is 0.461. The fraction of sp³-hybridized carbons (Fsp3) is 0.0833. The minimum Gasteiger partial charge on any atom is -0.489 e. The maximum absolute atomic E-state index is 12.5. The summed E-state index contributed by atoms with van der Waals surface area (Å²) in [7, 11) is 1.43. The van der Waals surface area contributed by atoms with Gasteiger partial charge in [0, 0.05) is 18.3 Å². The van der Waals surface area contributed by atoms with Crippen LogP contribution in [0.3, 0.4) is 0 Å². The molecule has 0 fully saturated rings. The zero-order chi connectivity index (χ0) is 22.7. The minimum atomic E-state index is -0.385. The fourth-order valence-corrected chi connectivity index (χ4v) is 3.43. The van der Waals surface area contributed by atoms with Gasteiger partial charge in [-0.15, -0.1) is 0 Å². The molecule has 2 N–H and O–H groups in total. The zero-order valence-electron chi connectivity index (χ0n) is 17.1. The number of benzene rings is 3. The molecule has 0 spiro atoms. The number of thiocarbonyl (C=S) groups is 1. The van der Waals surface area contributed by atoms with Crippen molar-refractivity contribution in [1.29, 1.82) is 0 Å². The van der Waals surface area contributed by atoms with Crippen LogP contribution in [0.5, 0.6) is 5.75 Å². The maximum Gasteiger partial charge on any atom is 0.261 e. The first kappa shape index (κ1) is 21.2. The summed E-state index contributed by atoms with van der Waals surface area (Å²) >= 11 is 5.21. The van der Waals surface area contributed by atoms with Gasteiger partial charge in [0.15, 0.2) is 5.11 Å². The Kier molecular flexibility index (Phi) is 5.96. The SMILES string of the molecule is CN1C(=O)c2ccc(NC(=S)NC(=O)c3ccc(OCc4ccccc4)cc3)cc2C1=O. The van der Waals surface area contributed by atoms with Crippen LogP contribution in [0.4, 0.5) is 5.69 Å². The van der Waals surface area contributed by atoms with Crippen molar-refractivity contribution in [3.05, 3.63) is 95.1 Å². The molecule has 1 aliphatic heterocycles. The van der Waals surface area contributed by atoms with Gasteiger partial charge in [0.25, 0.3) is 17.7 Å². The van der Waals surface area contributed by atoms with Crippen molar-refractivity contribution in [2.45, 2.75) is 6.61 Å². The van der Waals surface area contributed by atoms with E-state index >= 15 is 0 Å². The van der Waals surface area contributed by atoms with Gasteiger partial charge < -0.3 is 10.1 Å². The molecule has 7 nitrogen and oxygen atoms in total. The van der Waals surface area contributed by atoms with E-state index < -0.39 is 0 Å². The molecule has 1 aliphatic rings. The highest BCUT2D eigenvalue weighted by Crippen LogP contribution is 2.24. The highest BCUT2D eigenvalue weighted by atomic mass is 32.1. The van der Waals surface area contributed by atoms with E-state index in [4.69, 9.17) is 17.0 Å². The van der Waals surface area contributed by atoms with Crippen molar-refractivity contribution in [2.24, 2.45) is 0 Å². The van der Waals surface area contributed by atoms with Crippen LogP contribution in [0, 0.1) is 0 Å². The molecule has 0 saturated carbocycles. The van der Waals surface area contributed by atoms with Crippen molar-refractivity contribution in [3.8, 4) is 5.75 Å². The summed E-state index contributed by atoms with van der Waals surface area (Å²) in [5.41, 5.74) is 2.60. The summed E-state index contributed by atoms with van der Waals surface area (Å²) in [6.07, 6.45) is 0. The number of amides is 3. The van der Waals surface area contributed by atoms with Gasteiger partial charge in [-0.05, 0) is 60.2 Å². The first-order valence-corrected chi connectivity index (χ1v) is 10.2. The Balaban J connectivity index is 1.33. The van der Waals surface area contributed by atoms with Gasteiger partial charge in [-0.2, -0.15) is 0 Å². The second-order valence-corrected chi connectivity index (χ2v) is 7.54. The molecule has 0 unspecified atom stereocenters. The van der Waals surface area contributed by atoms with E-state index in [0.29, 0.717) is 34.7 Å². The maximum atomic E-state index is 12.5. The molecule has 0 atom stereocenters. The molecule has 32 heavy (non-hydrogen) atoms. The second-order valence-electron chi connectivity index (χ2n) is 7.14. The van der Waals surface area contributed by atoms with Gasteiger partial charge in [-0.3, -0.25) is 24.6 Å². The van der Waals surface area contributed by atoms with E-state index in [-0.39, 0.29) is 22.8 Å². The number of ether oxygens (including phenoxy) is 1. The summed E-state index contributed by atoms with van der Waals surface area (Å²) in [5, 5.41) is 5.54. The third-order valence-electron chi connectivity index (χ3n) is 4.94. The lowest BCUT2D eigenvalue weighted by molar-refractivity contribution is 0.0692. The summed E-state index contributed by atoms with van der Waals surface area (Å²) in [6, 6.07) is 21.2. The van der Waals surface area contributed by atoms with E-state index in [9.17, 15) is 14.4 Å². The summed E-state index contributed by atoms with van der Waals surface area (Å²) in [6.45, 7) is 0.436. The van der Waals surface area contributed by atoms with E-state index in [0.717, 1.165) is 10.5 Å². The molecule has 1 heterocycles. The average Bonchev–Trinajstić information content (AvgIpc) is 3.02. The normalized spacial score (nSPS) is 12.3. The molecule has 3 aromatic carbocycles. The lowest BCUT2D eigenvalue weighted by Crippen LogP contribution is -2.34. The number of anilines is 1. The third kappa shape index (κ3) is 4.50. The van der Waals surface area contributed by atoms with Crippen molar-refractivity contribution < 1.29 is 19.1 Å². The lowest BCUT2D eigenvalue weighted by Gasteiger charge is -2.11. The number of carbonyl (C=O) groups excluding carboxylic acids is 3. The van der Waals surface area contributed by atoms with Gasteiger partial charge >= 0.3 is 0 Å². The van der Waals surface area contributed by atoms with Crippen LogP contribution in [-0.4, -0.2) is 34.8 Å². The van der Waals surface area contributed by atoms with E-state index in [1.165, 1.54) is 13.1 Å². The smallest absolute Gasteiger partial charge is 0.261 e. The van der Waals surface area contributed by atoms with Crippen LogP contribution in [0.2, 0.25) is 0 Å². The predicted molar refractivity (Wildman–Crippen MR) is 124 cm³/mol. The monoisotopic (exact) mass is 445 g/mol. The van der Waals surface area contributed by atoms with Gasteiger partial charge in [0.2, 0.25) is 0 Å². The highest BCUT2D eigenvalue weighted by Gasteiger charge is 2.32. The number of nitrogens with one attached hydrogen (secondary N) is 2. The lowest BCUT2D eigenvalue weighted by atomic mass is 10.1. The number of rotatable bonds is 5. The number of hydrogen-bond acceptors (Lipinski definition) is 5. The Hall–Kier alpha value is -4.04. The second kappa shape index (κ2) is 8.99. The Bertz CT molecular complexity index is 1210. The molecule has 3 amide bonds. The number of hydrogen-bond donors (Lipinski definition) is 2. The molecule has 160 valence electrons. The van der Waals surface area contributed by atoms with Crippen molar-refractivity contribution in [2.75, 3.05) is 12.4 Å². The van der Waals surface area contributed by atoms with Crippen LogP contribution in [-0.2, 0) is 6.61 Å². The van der Waals surface area contributed by atoms with Gasteiger partial charge in [-0.1, -0.05) is 30.3 Å².